The lowest BCUT2D eigenvalue weighted by Crippen LogP contribution is -2.58. The van der Waals surface area contributed by atoms with Crippen molar-refractivity contribution in [2.75, 3.05) is 45.9 Å². The summed E-state index contributed by atoms with van der Waals surface area (Å²) in [5, 5.41) is 80.8. The average Bonchev–Trinajstić information content (AvgIpc) is 3.21. The SMILES string of the molecule is CC(C)(C)OC(=O)CCCN1CCC(N(C[C@H](O)[C@@H](O)[C@@H]2OC(c3ccccc3)OC[C@H]2O)C[C@H](O)[C@@H](O)[C@@H]2OC(c3ccccc3)OC[C@H]2O)CC1.O=CO.O=CO. The van der Waals surface area contributed by atoms with Crippen molar-refractivity contribution < 1.29 is 78.9 Å². The molecule has 3 fully saturated rings. The zero-order chi connectivity index (χ0) is 43.5. The molecule has 3 aliphatic heterocycles. The molecule has 332 valence electrons. The van der Waals surface area contributed by atoms with Crippen LogP contribution in [0.25, 0.3) is 0 Å². The molecule has 0 bridgehead atoms. The lowest BCUT2D eigenvalue weighted by molar-refractivity contribution is -0.285. The van der Waals surface area contributed by atoms with E-state index in [2.05, 4.69) is 4.90 Å². The number of nitrogens with zero attached hydrogens (tertiary/aromatic N) is 2. The number of carbonyl (C=O) groups excluding carboxylic acids is 1. The minimum Gasteiger partial charge on any atom is -0.483 e. The van der Waals surface area contributed by atoms with E-state index in [1.165, 1.54) is 0 Å². The highest BCUT2D eigenvalue weighted by molar-refractivity contribution is 5.69. The maximum absolute atomic E-state index is 12.2. The maximum Gasteiger partial charge on any atom is 0.306 e. The van der Waals surface area contributed by atoms with Gasteiger partial charge in [-0.2, -0.15) is 0 Å². The van der Waals surface area contributed by atoms with E-state index in [-0.39, 0.29) is 51.3 Å². The van der Waals surface area contributed by atoms with E-state index < -0.39 is 67.0 Å². The molecule has 0 saturated carbocycles. The highest BCUT2D eigenvalue weighted by Crippen LogP contribution is 2.31. The van der Waals surface area contributed by atoms with Crippen LogP contribution in [-0.4, -0.2) is 176 Å². The standard InChI is InChI=1S/C39H58N2O12.2CH2O2/c1-39(2,3)53-32(46)15-10-18-40-19-16-27(17-20-40)41(21-28(42)33(47)35-30(44)23-49-37(51-35)25-11-6-4-7-12-25)22-29(43)34(48)36-31(45)24-50-38(52-36)26-13-8-5-9-14-26;2*2-1-3/h4-9,11-14,27-31,33-38,42-45,47-48H,10,15-24H2,1-3H3;2*1H,(H,2,3)/t28-,29-,30+,31+,33+,34+,35+,36+,37?,38?;;/m0../s1. The molecular formula is C41H62N2O16. The number of aliphatic hydroxyl groups excluding tert-OH is 6. The number of benzene rings is 2. The second-order valence-electron chi connectivity index (χ2n) is 15.5. The first-order valence-corrected chi connectivity index (χ1v) is 19.7. The molecular weight excluding hydrogens is 776 g/mol. The predicted octanol–water partition coefficient (Wildman–Crippen LogP) is 0.670. The summed E-state index contributed by atoms with van der Waals surface area (Å²) < 4.78 is 28.7. The van der Waals surface area contributed by atoms with Gasteiger partial charge in [-0.05, 0) is 59.7 Å². The first-order valence-electron chi connectivity index (χ1n) is 19.7. The van der Waals surface area contributed by atoms with E-state index in [1.54, 1.807) is 0 Å². The number of esters is 1. The van der Waals surface area contributed by atoms with Crippen LogP contribution in [0.2, 0.25) is 0 Å². The zero-order valence-electron chi connectivity index (χ0n) is 33.8. The van der Waals surface area contributed by atoms with Crippen molar-refractivity contribution in [1.29, 1.82) is 0 Å². The fraction of sp³-hybridized carbons (Fsp3) is 0.634. The third-order valence-corrected chi connectivity index (χ3v) is 9.95. The first kappa shape index (κ1) is 49.7. The smallest absolute Gasteiger partial charge is 0.306 e. The van der Waals surface area contributed by atoms with Crippen molar-refractivity contribution in [3.63, 3.8) is 0 Å². The predicted molar refractivity (Wildman–Crippen MR) is 210 cm³/mol. The van der Waals surface area contributed by atoms with Crippen LogP contribution in [-0.2, 0) is 38.1 Å². The third kappa shape index (κ3) is 16.4. The molecule has 10 atom stereocenters. The largest absolute Gasteiger partial charge is 0.483 e. The fourth-order valence-electron chi connectivity index (χ4n) is 7.15. The number of hydrogen-bond acceptors (Lipinski definition) is 16. The number of rotatable bonds is 15. The molecule has 0 radical (unpaired) electrons. The molecule has 5 rings (SSSR count). The third-order valence-electron chi connectivity index (χ3n) is 9.95. The number of likely N-dealkylation sites (tertiary alicyclic amines) is 1. The van der Waals surface area contributed by atoms with Gasteiger partial charge in [-0.15, -0.1) is 0 Å². The lowest BCUT2D eigenvalue weighted by atomic mass is 9.96. The van der Waals surface area contributed by atoms with Gasteiger partial charge in [-0.25, -0.2) is 0 Å². The van der Waals surface area contributed by atoms with Crippen LogP contribution in [0.4, 0.5) is 0 Å². The number of aliphatic hydroxyl groups is 6. The van der Waals surface area contributed by atoms with Crippen LogP contribution < -0.4 is 0 Å². The van der Waals surface area contributed by atoms with Crippen LogP contribution in [0.3, 0.4) is 0 Å². The molecule has 18 nitrogen and oxygen atoms in total. The molecule has 2 aromatic rings. The van der Waals surface area contributed by atoms with E-state index in [4.69, 9.17) is 43.5 Å². The summed E-state index contributed by atoms with van der Waals surface area (Å²) in [4.78, 5) is 33.0. The fourth-order valence-corrected chi connectivity index (χ4v) is 7.15. The molecule has 3 saturated heterocycles. The maximum atomic E-state index is 12.2. The van der Waals surface area contributed by atoms with Crippen LogP contribution >= 0.6 is 0 Å². The molecule has 3 heterocycles. The van der Waals surface area contributed by atoms with Crippen LogP contribution in [0.15, 0.2) is 60.7 Å². The molecule has 2 aromatic carbocycles. The van der Waals surface area contributed by atoms with Crippen molar-refractivity contribution in [3.8, 4) is 0 Å². The zero-order valence-corrected chi connectivity index (χ0v) is 33.8. The van der Waals surface area contributed by atoms with Crippen molar-refractivity contribution >= 4 is 18.9 Å². The van der Waals surface area contributed by atoms with Gasteiger partial charge in [0.25, 0.3) is 12.9 Å². The topological polar surface area (TPSA) is 266 Å². The second kappa shape index (κ2) is 25.2. The number of carboxylic acid groups (broad SMARTS) is 2. The Bertz CT molecular complexity index is 1400. The van der Waals surface area contributed by atoms with Crippen molar-refractivity contribution in [2.45, 2.75) is 120 Å². The molecule has 0 aromatic heterocycles. The molecule has 0 spiro atoms. The number of hydrogen-bond donors (Lipinski definition) is 8. The summed E-state index contributed by atoms with van der Waals surface area (Å²) in [5.41, 5.74) is 0.871. The van der Waals surface area contributed by atoms with Gasteiger partial charge in [0.2, 0.25) is 0 Å². The summed E-state index contributed by atoms with van der Waals surface area (Å²) in [7, 11) is 0. The number of piperidine rings is 1. The molecule has 0 amide bonds. The summed E-state index contributed by atoms with van der Waals surface area (Å²) in [6.45, 7) is 6.68. The van der Waals surface area contributed by atoms with Gasteiger partial charge >= 0.3 is 5.97 Å². The highest BCUT2D eigenvalue weighted by atomic mass is 16.7. The van der Waals surface area contributed by atoms with Gasteiger partial charge in [-0.3, -0.25) is 19.3 Å². The lowest BCUT2D eigenvalue weighted by Gasteiger charge is -2.43. The van der Waals surface area contributed by atoms with Crippen LogP contribution in [0.1, 0.15) is 70.2 Å². The normalized spacial score (nSPS) is 26.1. The number of carbonyl (C=O) groups is 3. The van der Waals surface area contributed by atoms with Crippen molar-refractivity contribution in [2.24, 2.45) is 0 Å². The van der Waals surface area contributed by atoms with Crippen molar-refractivity contribution in [1.82, 2.24) is 9.80 Å². The molecule has 8 N–H and O–H groups in total. The van der Waals surface area contributed by atoms with Gasteiger partial charge in [0.15, 0.2) is 12.6 Å². The Morgan fingerprint density at radius 3 is 1.58 bits per heavy atom. The summed E-state index contributed by atoms with van der Waals surface area (Å²) >= 11 is 0. The Morgan fingerprint density at radius 1 is 0.780 bits per heavy atom. The molecule has 2 unspecified atom stereocenters. The van der Waals surface area contributed by atoms with Gasteiger partial charge in [0.1, 0.15) is 42.2 Å². The summed E-state index contributed by atoms with van der Waals surface area (Å²) in [6.07, 6.45) is -9.98. The van der Waals surface area contributed by atoms with E-state index in [0.29, 0.717) is 56.4 Å². The van der Waals surface area contributed by atoms with Gasteiger partial charge in [-0.1, -0.05) is 60.7 Å². The van der Waals surface area contributed by atoms with E-state index in [1.807, 2.05) is 86.3 Å². The molecule has 59 heavy (non-hydrogen) atoms. The van der Waals surface area contributed by atoms with Gasteiger partial charge < -0.3 is 69.4 Å². The van der Waals surface area contributed by atoms with Crippen LogP contribution in [0, 0.1) is 0 Å². The van der Waals surface area contributed by atoms with E-state index in [0.717, 1.165) is 0 Å². The van der Waals surface area contributed by atoms with Crippen LogP contribution in [0.5, 0.6) is 0 Å². The Hall–Kier alpha value is -3.63. The monoisotopic (exact) mass is 838 g/mol. The second-order valence-corrected chi connectivity index (χ2v) is 15.5. The number of ether oxygens (including phenoxy) is 5. The Balaban J connectivity index is 0.00000146. The highest BCUT2D eigenvalue weighted by Gasteiger charge is 2.43. The minimum absolute atomic E-state index is 0.105. The van der Waals surface area contributed by atoms with Crippen molar-refractivity contribution in [3.05, 3.63) is 71.8 Å². The van der Waals surface area contributed by atoms with E-state index in [9.17, 15) is 35.4 Å². The molecule has 18 heteroatoms. The van der Waals surface area contributed by atoms with E-state index >= 15 is 0 Å². The van der Waals surface area contributed by atoms with Gasteiger partial charge in [0.05, 0.1) is 25.4 Å². The average molecular weight is 839 g/mol. The van der Waals surface area contributed by atoms with Gasteiger partial charge in [0, 0.05) is 36.7 Å². The Labute approximate surface area is 344 Å². The quantitative estimate of drug-likeness (QED) is 0.0905. The summed E-state index contributed by atoms with van der Waals surface area (Å²) in [6, 6.07) is 18.1. The molecule has 0 aliphatic carbocycles. The first-order chi connectivity index (χ1) is 28.1. The minimum atomic E-state index is -1.51. The summed E-state index contributed by atoms with van der Waals surface area (Å²) in [5.74, 6) is -0.235. The molecule has 3 aliphatic rings. The Kier molecular flexibility index (Phi) is 21.3. The Morgan fingerprint density at radius 2 is 1.19 bits per heavy atom.